The van der Waals surface area contributed by atoms with Gasteiger partial charge in [-0.05, 0) is 43.0 Å². The van der Waals surface area contributed by atoms with Gasteiger partial charge in [0.1, 0.15) is 40.9 Å². The Bertz CT molecular complexity index is 1380. The predicted octanol–water partition coefficient (Wildman–Crippen LogP) is 4.28. The van der Waals surface area contributed by atoms with Crippen LogP contribution in [0, 0.1) is 11.7 Å². The van der Waals surface area contributed by atoms with Gasteiger partial charge >= 0.3 is 0 Å². The molecule has 192 valence electrons. The van der Waals surface area contributed by atoms with E-state index in [1.807, 2.05) is 0 Å². The zero-order valence-corrected chi connectivity index (χ0v) is 20.7. The van der Waals surface area contributed by atoms with E-state index >= 15 is 4.39 Å². The number of aromatic nitrogens is 3. The number of fused-ring (bicyclic) bond motifs is 2. The van der Waals surface area contributed by atoms with Crippen molar-refractivity contribution in [2.24, 2.45) is 5.92 Å². The molecule has 3 saturated heterocycles. The van der Waals surface area contributed by atoms with Crippen LogP contribution in [0.5, 0.6) is 11.6 Å². The van der Waals surface area contributed by atoms with Gasteiger partial charge in [0.25, 0.3) is 0 Å². The van der Waals surface area contributed by atoms with Crippen molar-refractivity contribution in [2.45, 2.75) is 31.0 Å². The molecule has 11 heteroatoms. The molecule has 1 amide bonds. The normalized spacial score (nSPS) is 24.1. The molecule has 1 N–H and O–H groups in total. The predicted molar refractivity (Wildman–Crippen MR) is 135 cm³/mol. The van der Waals surface area contributed by atoms with E-state index in [-0.39, 0.29) is 34.1 Å². The van der Waals surface area contributed by atoms with Crippen LogP contribution in [0.25, 0.3) is 11.0 Å². The molecular weight excluding hydrogens is 501 g/mol. The lowest BCUT2D eigenvalue weighted by Gasteiger charge is -2.35. The Labute approximate surface area is 217 Å². The first-order chi connectivity index (χ1) is 17.9. The number of halogens is 2. The molecule has 37 heavy (non-hydrogen) atoms. The van der Waals surface area contributed by atoms with E-state index < -0.39 is 5.82 Å². The molecule has 0 spiro atoms. The molecule has 1 atom stereocenters. The Kier molecular flexibility index (Phi) is 6.08. The molecule has 0 radical (unpaired) electrons. The quantitative estimate of drug-likeness (QED) is 0.435. The molecule has 4 aliphatic rings. The number of carbonyl (C=O) groups is 1. The second kappa shape index (κ2) is 9.42. The summed E-state index contributed by atoms with van der Waals surface area (Å²) < 4.78 is 32.8. The van der Waals surface area contributed by atoms with Crippen LogP contribution in [0.4, 0.5) is 15.9 Å². The third kappa shape index (κ3) is 4.55. The molecule has 1 saturated carbocycles. The van der Waals surface area contributed by atoms with Crippen molar-refractivity contribution in [1.29, 1.82) is 0 Å². The maximum atomic E-state index is 15.2. The molecule has 1 aromatic carbocycles. The summed E-state index contributed by atoms with van der Waals surface area (Å²) in [5.41, 5.74) is 0.828. The third-order valence-electron chi connectivity index (χ3n) is 7.11. The van der Waals surface area contributed by atoms with Crippen LogP contribution in [-0.2, 0) is 9.53 Å². The topological polar surface area (TPSA) is 98.7 Å². The maximum Gasteiger partial charge on any atom is 0.246 e. The van der Waals surface area contributed by atoms with Crippen LogP contribution in [0.1, 0.15) is 19.3 Å². The van der Waals surface area contributed by atoms with E-state index in [0.29, 0.717) is 54.8 Å². The summed E-state index contributed by atoms with van der Waals surface area (Å²) in [6, 6.07) is 6.63. The van der Waals surface area contributed by atoms with Gasteiger partial charge in [-0.15, -0.1) is 0 Å². The number of pyridine rings is 1. The van der Waals surface area contributed by atoms with Crippen LogP contribution in [-0.4, -0.2) is 63.8 Å². The zero-order chi connectivity index (χ0) is 25.6. The number of nitrogens with zero attached hydrogens (tertiary/aromatic N) is 4. The number of hydrogen-bond acceptors (Lipinski definition) is 8. The number of nitrogens with one attached hydrogen (secondary N) is 1. The van der Waals surface area contributed by atoms with Gasteiger partial charge in [0.05, 0.1) is 24.4 Å². The minimum absolute atomic E-state index is 0.120. The van der Waals surface area contributed by atoms with Gasteiger partial charge in [-0.2, -0.15) is 0 Å². The first-order valence-electron chi connectivity index (χ1n) is 12.1. The van der Waals surface area contributed by atoms with Crippen LogP contribution in [0.3, 0.4) is 0 Å². The van der Waals surface area contributed by atoms with Gasteiger partial charge in [-0.1, -0.05) is 18.2 Å². The van der Waals surface area contributed by atoms with Crippen molar-refractivity contribution >= 4 is 40.0 Å². The largest absolute Gasteiger partial charge is 0.489 e. The van der Waals surface area contributed by atoms with Crippen molar-refractivity contribution in [3.05, 3.63) is 54.1 Å². The lowest BCUT2D eigenvalue weighted by atomic mass is 9.75. The molecule has 1 aliphatic carbocycles. The molecule has 9 nitrogen and oxygen atoms in total. The maximum absolute atomic E-state index is 15.2. The van der Waals surface area contributed by atoms with Gasteiger partial charge in [-0.25, -0.2) is 19.3 Å². The Morgan fingerprint density at radius 1 is 1.32 bits per heavy atom. The summed E-state index contributed by atoms with van der Waals surface area (Å²) in [6.45, 7) is 5.67. The van der Waals surface area contributed by atoms with E-state index in [1.165, 1.54) is 12.4 Å². The fourth-order valence-corrected chi connectivity index (χ4v) is 5.38. The van der Waals surface area contributed by atoms with Crippen LogP contribution >= 0.6 is 11.6 Å². The Hall–Kier alpha value is -3.50. The SMILES string of the molecule is C=CC(=O)N1CC[C@H](Oc2ccc3ncnc(Nc4ccc(OCC56CC(CO5)C6)c(Cl)c4F)c3n2)C1. The molecule has 3 aliphatic heterocycles. The lowest BCUT2D eigenvalue weighted by Crippen LogP contribution is -2.42. The van der Waals surface area contributed by atoms with Crippen molar-refractivity contribution in [3.63, 3.8) is 0 Å². The number of rotatable bonds is 8. The minimum atomic E-state index is -0.660. The van der Waals surface area contributed by atoms with E-state index in [0.717, 1.165) is 19.4 Å². The number of hydrogen-bond donors (Lipinski definition) is 1. The Morgan fingerprint density at radius 2 is 2.19 bits per heavy atom. The highest BCUT2D eigenvalue weighted by Crippen LogP contribution is 2.48. The van der Waals surface area contributed by atoms with Gasteiger partial charge in [0.2, 0.25) is 11.8 Å². The molecule has 0 unspecified atom stereocenters. The highest BCUT2D eigenvalue weighted by atomic mass is 35.5. The highest BCUT2D eigenvalue weighted by Gasteiger charge is 2.52. The summed E-state index contributed by atoms with van der Waals surface area (Å²) in [6.07, 6.45) is 5.09. The fraction of sp³-hybridized carbons (Fsp3) is 0.385. The van der Waals surface area contributed by atoms with Crippen molar-refractivity contribution < 1.29 is 23.4 Å². The number of ether oxygens (including phenoxy) is 3. The van der Waals surface area contributed by atoms with Gasteiger partial charge in [-0.3, -0.25) is 4.79 Å². The Morgan fingerprint density at radius 3 is 2.97 bits per heavy atom. The highest BCUT2D eigenvalue weighted by molar-refractivity contribution is 6.32. The summed E-state index contributed by atoms with van der Waals surface area (Å²) in [7, 11) is 0. The van der Waals surface area contributed by atoms with Crippen molar-refractivity contribution in [3.8, 4) is 11.6 Å². The molecule has 2 aromatic heterocycles. The number of carbonyl (C=O) groups excluding carboxylic acids is 1. The molecule has 5 heterocycles. The molecule has 2 bridgehead atoms. The van der Waals surface area contributed by atoms with Gasteiger partial charge in [0.15, 0.2) is 11.6 Å². The number of anilines is 2. The Balaban J connectivity index is 1.18. The van der Waals surface area contributed by atoms with E-state index in [9.17, 15) is 4.79 Å². The monoisotopic (exact) mass is 525 g/mol. The van der Waals surface area contributed by atoms with Gasteiger partial charge in [0, 0.05) is 19.0 Å². The molecule has 7 rings (SSSR count). The molecular formula is C26H25ClFN5O4. The van der Waals surface area contributed by atoms with Crippen LogP contribution in [0.2, 0.25) is 5.02 Å². The second-order valence-electron chi connectivity index (χ2n) is 9.68. The average Bonchev–Trinajstić information content (AvgIpc) is 3.63. The average molecular weight is 526 g/mol. The third-order valence-corrected chi connectivity index (χ3v) is 7.46. The second-order valence-corrected chi connectivity index (χ2v) is 10.1. The summed E-state index contributed by atoms with van der Waals surface area (Å²) >= 11 is 6.31. The smallest absolute Gasteiger partial charge is 0.246 e. The standard InChI is InChI=1S/C26H25ClFN5O4/c1-2-21(34)33-8-7-16(11-33)37-20-6-4-18-24(32-20)25(30-14-29-18)31-17-3-5-19(22(27)23(17)28)35-13-26-9-15(10-26)12-36-26/h2-6,14-16H,1,7-13H2,(H,29,30,31)/t15?,16-,26?/m0/s1. The number of benzene rings is 1. The number of likely N-dealkylation sites (tertiary alicyclic amines) is 1. The van der Waals surface area contributed by atoms with E-state index in [1.54, 1.807) is 29.2 Å². The van der Waals surface area contributed by atoms with Crippen molar-refractivity contribution in [1.82, 2.24) is 19.9 Å². The fourth-order valence-electron chi connectivity index (χ4n) is 5.16. The van der Waals surface area contributed by atoms with Crippen LogP contribution < -0.4 is 14.8 Å². The van der Waals surface area contributed by atoms with E-state index in [2.05, 4.69) is 26.8 Å². The summed E-state index contributed by atoms with van der Waals surface area (Å²) in [5.74, 6) is 0.745. The molecule has 3 aromatic rings. The summed E-state index contributed by atoms with van der Waals surface area (Å²) in [5, 5.41) is 2.85. The van der Waals surface area contributed by atoms with Crippen LogP contribution in [0.15, 0.2) is 43.2 Å². The van der Waals surface area contributed by atoms with Crippen molar-refractivity contribution in [2.75, 3.05) is 31.6 Å². The zero-order valence-electron chi connectivity index (χ0n) is 20.0. The minimum Gasteiger partial charge on any atom is -0.489 e. The number of amides is 1. The van der Waals surface area contributed by atoms with Gasteiger partial charge < -0.3 is 24.4 Å². The van der Waals surface area contributed by atoms with E-state index in [4.69, 9.17) is 25.8 Å². The molecule has 4 fully saturated rings. The lowest BCUT2D eigenvalue weighted by molar-refractivity contribution is -0.125. The first-order valence-corrected chi connectivity index (χ1v) is 12.5. The first kappa shape index (κ1) is 23.9. The summed E-state index contributed by atoms with van der Waals surface area (Å²) in [4.78, 5) is 26.6.